The van der Waals surface area contributed by atoms with Gasteiger partial charge in [0.15, 0.2) is 5.69 Å². The van der Waals surface area contributed by atoms with Crippen LogP contribution in [0.1, 0.15) is 41.2 Å². The number of nitrogens with zero attached hydrogens (tertiary/aromatic N) is 2. The van der Waals surface area contributed by atoms with E-state index in [0.717, 1.165) is 22.4 Å². The molecule has 2 aromatic carbocycles. The first-order valence-electron chi connectivity index (χ1n) is 8.82. The molecule has 0 N–H and O–H groups in total. The highest BCUT2D eigenvalue weighted by Crippen LogP contribution is 2.28. The van der Waals surface area contributed by atoms with Gasteiger partial charge < -0.3 is 9.32 Å². The van der Waals surface area contributed by atoms with Crippen LogP contribution in [-0.2, 0) is 0 Å². The number of hydrogen-bond donors (Lipinski definition) is 0. The molecule has 3 rings (SSSR count). The van der Waals surface area contributed by atoms with E-state index in [1.807, 2.05) is 70.2 Å². The van der Waals surface area contributed by atoms with Gasteiger partial charge >= 0.3 is 0 Å². The van der Waals surface area contributed by atoms with Crippen molar-refractivity contribution in [3.05, 3.63) is 71.1 Å². The highest BCUT2D eigenvalue weighted by molar-refractivity contribution is 6.06. The average molecular weight is 348 g/mol. The Bertz CT molecular complexity index is 927. The Balaban J connectivity index is 2.04. The lowest BCUT2D eigenvalue weighted by Crippen LogP contribution is -2.38. The van der Waals surface area contributed by atoms with E-state index in [-0.39, 0.29) is 11.9 Å². The minimum atomic E-state index is -0.142. The van der Waals surface area contributed by atoms with Gasteiger partial charge in [-0.15, -0.1) is 0 Å². The molecule has 1 heterocycles. The zero-order chi connectivity index (χ0) is 18.8. The van der Waals surface area contributed by atoms with Crippen molar-refractivity contribution in [3.63, 3.8) is 0 Å². The first-order valence-corrected chi connectivity index (χ1v) is 8.82. The lowest BCUT2D eigenvalue weighted by atomic mass is 10.1. The molecule has 0 spiro atoms. The maximum atomic E-state index is 13.3. The molecule has 0 unspecified atom stereocenters. The summed E-state index contributed by atoms with van der Waals surface area (Å²) < 4.78 is 5.78. The number of rotatable bonds is 4. The third-order valence-electron chi connectivity index (χ3n) is 4.38. The van der Waals surface area contributed by atoms with E-state index < -0.39 is 0 Å². The Morgan fingerprint density at radius 1 is 1.04 bits per heavy atom. The van der Waals surface area contributed by atoms with E-state index in [9.17, 15) is 4.79 Å². The number of carbonyl (C=O) groups is 1. The van der Waals surface area contributed by atoms with Crippen LogP contribution >= 0.6 is 0 Å². The summed E-state index contributed by atoms with van der Waals surface area (Å²) in [5, 5.41) is 0. The number of aromatic nitrogens is 1. The summed E-state index contributed by atoms with van der Waals surface area (Å²) in [5.41, 5.74) is 4.30. The molecule has 0 aliphatic rings. The summed E-state index contributed by atoms with van der Waals surface area (Å²) in [6.07, 6.45) is 0. The first kappa shape index (κ1) is 17.9. The Kier molecular flexibility index (Phi) is 4.94. The van der Waals surface area contributed by atoms with E-state index in [1.165, 1.54) is 0 Å². The predicted molar refractivity (Wildman–Crippen MR) is 105 cm³/mol. The minimum absolute atomic E-state index is 0.000671. The van der Waals surface area contributed by atoms with E-state index in [4.69, 9.17) is 4.42 Å². The van der Waals surface area contributed by atoms with Crippen LogP contribution in [0, 0.1) is 20.8 Å². The topological polar surface area (TPSA) is 46.3 Å². The highest BCUT2D eigenvalue weighted by atomic mass is 16.4. The molecular weight excluding hydrogens is 324 g/mol. The van der Waals surface area contributed by atoms with Gasteiger partial charge in [-0.3, -0.25) is 4.79 Å². The van der Waals surface area contributed by atoms with Crippen LogP contribution in [0.3, 0.4) is 0 Å². The van der Waals surface area contributed by atoms with Gasteiger partial charge in [0, 0.05) is 17.3 Å². The van der Waals surface area contributed by atoms with Crippen LogP contribution in [0.2, 0.25) is 0 Å². The molecular formula is C22H24N2O2. The summed E-state index contributed by atoms with van der Waals surface area (Å²) in [6.45, 7) is 9.85. The van der Waals surface area contributed by atoms with Gasteiger partial charge in [-0.25, -0.2) is 4.98 Å². The maximum absolute atomic E-state index is 13.3. The molecule has 0 aliphatic heterocycles. The van der Waals surface area contributed by atoms with E-state index in [0.29, 0.717) is 17.3 Å². The molecule has 0 aliphatic carbocycles. The fraction of sp³-hybridized carbons (Fsp3) is 0.273. The van der Waals surface area contributed by atoms with Crippen LogP contribution in [0.15, 0.2) is 52.9 Å². The number of benzene rings is 2. The number of carbonyl (C=O) groups excluding carboxylic acids is 1. The quantitative estimate of drug-likeness (QED) is 0.641. The fourth-order valence-corrected chi connectivity index (χ4v) is 3.01. The molecule has 0 saturated heterocycles. The third-order valence-corrected chi connectivity index (χ3v) is 4.38. The van der Waals surface area contributed by atoms with Gasteiger partial charge in [0.25, 0.3) is 5.91 Å². The summed E-state index contributed by atoms with van der Waals surface area (Å²) in [4.78, 5) is 19.6. The molecule has 134 valence electrons. The molecule has 4 nitrogen and oxygen atoms in total. The van der Waals surface area contributed by atoms with Crippen LogP contribution < -0.4 is 4.90 Å². The Morgan fingerprint density at radius 3 is 2.38 bits per heavy atom. The predicted octanol–water partition coefficient (Wildman–Crippen LogP) is 5.32. The Hall–Kier alpha value is -2.88. The molecule has 0 saturated carbocycles. The van der Waals surface area contributed by atoms with Crippen molar-refractivity contribution in [2.45, 2.75) is 40.7 Å². The van der Waals surface area contributed by atoms with Crippen molar-refractivity contribution in [1.82, 2.24) is 4.98 Å². The summed E-state index contributed by atoms with van der Waals surface area (Å²) in [6, 6.07) is 15.8. The van der Waals surface area contributed by atoms with Crippen molar-refractivity contribution >= 4 is 11.6 Å². The molecule has 26 heavy (non-hydrogen) atoms. The second kappa shape index (κ2) is 7.16. The number of amides is 1. The van der Waals surface area contributed by atoms with Crippen molar-refractivity contribution in [1.29, 1.82) is 0 Å². The van der Waals surface area contributed by atoms with Gasteiger partial charge in [0.2, 0.25) is 5.89 Å². The monoisotopic (exact) mass is 348 g/mol. The molecule has 0 atom stereocenters. The van der Waals surface area contributed by atoms with Crippen LogP contribution in [0.4, 0.5) is 5.69 Å². The van der Waals surface area contributed by atoms with Crippen molar-refractivity contribution in [2.75, 3.05) is 4.90 Å². The maximum Gasteiger partial charge on any atom is 0.280 e. The zero-order valence-electron chi connectivity index (χ0n) is 15.9. The fourth-order valence-electron chi connectivity index (χ4n) is 3.01. The molecule has 4 heteroatoms. The van der Waals surface area contributed by atoms with Crippen molar-refractivity contribution in [3.8, 4) is 11.5 Å². The molecule has 3 aromatic rings. The number of oxazole rings is 1. The zero-order valence-corrected chi connectivity index (χ0v) is 15.9. The first-order chi connectivity index (χ1) is 12.4. The lowest BCUT2D eigenvalue weighted by molar-refractivity contribution is 0.0974. The standard InChI is InChI=1S/C22H24N2O2/c1-14(2)24(19-13-15(3)11-12-16(19)4)22(25)20-17(5)26-21(23-20)18-9-7-6-8-10-18/h6-14H,1-5H3. The van der Waals surface area contributed by atoms with Crippen molar-refractivity contribution in [2.24, 2.45) is 0 Å². The molecule has 1 aromatic heterocycles. The van der Waals surface area contributed by atoms with Crippen molar-refractivity contribution < 1.29 is 9.21 Å². The number of aryl methyl sites for hydroxylation is 3. The van der Waals surface area contributed by atoms with Crippen LogP contribution in [-0.4, -0.2) is 16.9 Å². The second-order valence-corrected chi connectivity index (χ2v) is 6.85. The SMILES string of the molecule is Cc1ccc(C)c(N(C(=O)c2nc(-c3ccccc3)oc2C)C(C)C)c1. The Morgan fingerprint density at radius 2 is 1.73 bits per heavy atom. The van der Waals surface area contributed by atoms with Gasteiger partial charge in [0.05, 0.1) is 0 Å². The minimum Gasteiger partial charge on any atom is -0.441 e. The average Bonchev–Trinajstić information content (AvgIpc) is 3.00. The Labute approximate surface area is 154 Å². The summed E-state index contributed by atoms with van der Waals surface area (Å²) in [5.74, 6) is 0.859. The molecule has 0 fully saturated rings. The van der Waals surface area contributed by atoms with Gasteiger partial charge in [-0.1, -0.05) is 30.3 Å². The van der Waals surface area contributed by atoms with Gasteiger partial charge in [-0.2, -0.15) is 0 Å². The number of anilines is 1. The lowest BCUT2D eigenvalue weighted by Gasteiger charge is -2.28. The van der Waals surface area contributed by atoms with Crippen LogP contribution in [0.5, 0.6) is 0 Å². The second-order valence-electron chi connectivity index (χ2n) is 6.85. The smallest absolute Gasteiger partial charge is 0.280 e. The molecule has 1 amide bonds. The van der Waals surface area contributed by atoms with Gasteiger partial charge in [0.1, 0.15) is 5.76 Å². The third kappa shape index (κ3) is 3.40. The molecule has 0 bridgehead atoms. The van der Waals surface area contributed by atoms with E-state index in [1.54, 1.807) is 11.8 Å². The summed E-state index contributed by atoms with van der Waals surface area (Å²) >= 11 is 0. The normalized spacial score (nSPS) is 11.0. The molecule has 0 radical (unpaired) electrons. The number of hydrogen-bond acceptors (Lipinski definition) is 3. The van der Waals surface area contributed by atoms with Crippen LogP contribution in [0.25, 0.3) is 11.5 Å². The largest absolute Gasteiger partial charge is 0.441 e. The van der Waals surface area contributed by atoms with E-state index >= 15 is 0 Å². The van der Waals surface area contributed by atoms with Gasteiger partial charge in [-0.05, 0) is 63.9 Å². The highest BCUT2D eigenvalue weighted by Gasteiger charge is 2.27. The summed E-state index contributed by atoms with van der Waals surface area (Å²) in [7, 11) is 0. The van der Waals surface area contributed by atoms with E-state index in [2.05, 4.69) is 11.1 Å².